The molecular weight excluding hydrogens is 174 g/mol. The van der Waals surface area contributed by atoms with Crippen LogP contribution in [0.1, 0.15) is 18.4 Å². The Labute approximate surface area is 75.6 Å². The predicted octanol–water partition coefficient (Wildman–Crippen LogP) is 1.88. The van der Waals surface area contributed by atoms with Crippen LogP contribution in [0.25, 0.3) is 0 Å². The number of hydrogen-bond donors (Lipinski definition) is 0. The third-order valence-corrected chi connectivity index (χ3v) is 2.72. The standard InChI is InChI=1S/C9H8ClNO/c10-8(12)9(3-4-9)7-1-5-11-6-2-7/h1-2,5-6H,3-4H2. The molecule has 1 fully saturated rings. The molecule has 0 radical (unpaired) electrons. The van der Waals surface area contributed by atoms with E-state index in [1.54, 1.807) is 12.4 Å². The number of aromatic nitrogens is 1. The molecule has 0 atom stereocenters. The summed E-state index contributed by atoms with van der Waals surface area (Å²) in [7, 11) is 0. The molecule has 0 bridgehead atoms. The van der Waals surface area contributed by atoms with Crippen LogP contribution >= 0.6 is 11.6 Å². The zero-order valence-corrected chi connectivity index (χ0v) is 7.21. The van der Waals surface area contributed by atoms with Gasteiger partial charge in [0.25, 0.3) is 0 Å². The highest BCUT2D eigenvalue weighted by molar-refractivity contribution is 6.66. The number of rotatable bonds is 2. The maximum Gasteiger partial charge on any atom is 0.232 e. The molecule has 0 aromatic carbocycles. The van der Waals surface area contributed by atoms with E-state index in [0.717, 1.165) is 18.4 Å². The Morgan fingerprint density at radius 2 is 2.00 bits per heavy atom. The first-order chi connectivity index (χ1) is 5.76. The Morgan fingerprint density at radius 1 is 1.42 bits per heavy atom. The summed E-state index contributed by atoms with van der Waals surface area (Å²) in [6.07, 6.45) is 5.13. The molecule has 62 valence electrons. The number of carbonyl (C=O) groups is 1. The molecule has 1 aromatic rings. The van der Waals surface area contributed by atoms with Gasteiger partial charge in [0, 0.05) is 12.4 Å². The molecule has 0 spiro atoms. The van der Waals surface area contributed by atoms with Gasteiger partial charge in [-0.05, 0) is 42.1 Å². The van der Waals surface area contributed by atoms with Crippen molar-refractivity contribution < 1.29 is 4.79 Å². The fourth-order valence-corrected chi connectivity index (χ4v) is 1.69. The van der Waals surface area contributed by atoms with Gasteiger partial charge in [0.2, 0.25) is 5.24 Å². The minimum absolute atomic E-state index is 0.242. The number of pyridine rings is 1. The summed E-state index contributed by atoms with van der Waals surface area (Å²) in [5.41, 5.74) is 0.627. The van der Waals surface area contributed by atoms with Gasteiger partial charge in [0.05, 0.1) is 5.41 Å². The maximum absolute atomic E-state index is 11.1. The normalized spacial score (nSPS) is 18.8. The molecule has 12 heavy (non-hydrogen) atoms. The van der Waals surface area contributed by atoms with Gasteiger partial charge in [-0.1, -0.05) is 0 Å². The Kier molecular flexibility index (Phi) is 1.65. The molecule has 2 rings (SSSR count). The van der Waals surface area contributed by atoms with Gasteiger partial charge in [-0.15, -0.1) is 0 Å². The van der Waals surface area contributed by atoms with E-state index < -0.39 is 0 Å². The topological polar surface area (TPSA) is 30.0 Å². The molecule has 2 nitrogen and oxygen atoms in total. The average Bonchev–Trinajstić information content (AvgIpc) is 2.86. The molecule has 1 aliphatic rings. The number of nitrogens with zero attached hydrogens (tertiary/aromatic N) is 1. The van der Waals surface area contributed by atoms with Crippen LogP contribution in [0.3, 0.4) is 0 Å². The van der Waals surface area contributed by atoms with Crippen LogP contribution in [0.4, 0.5) is 0 Å². The van der Waals surface area contributed by atoms with Crippen LogP contribution < -0.4 is 0 Å². The van der Waals surface area contributed by atoms with E-state index in [1.807, 2.05) is 12.1 Å². The Balaban J connectivity index is 2.37. The number of hydrogen-bond acceptors (Lipinski definition) is 2. The van der Waals surface area contributed by atoms with Gasteiger partial charge < -0.3 is 0 Å². The Bertz CT molecular complexity index is 306. The van der Waals surface area contributed by atoms with Crippen LogP contribution in [-0.4, -0.2) is 10.2 Å². The van der Waals surface area contributed by atoms with Gasteiger partial charge in [0.1, 0.15) is 0 Å². The highest BCUT2D eigenvalue weighted by atomic mass is 35.5. The van der Waals surface area contributed by atoms with Crippen molar-refractivity contribution in [1.29, 1.82) is 0 Å². The van der Waals surface area contributed by atoms with Gasteiger partial charge in [-0.25, -0.2) is 0 Å². The highest BCUT2D eigenvalue weighted by Gasteiger charge is 2.50. The third-order valence-electron chi connectivity index (χ3n) is 2.36. The summed E-state index contributed by atoms with van der Waals surface area (Å²) >= 11 is 5.51. The fraction of sp³-hybridized carbons (Fsp3) is 0.333. The smallest absolute Gasteiger partial charge is 0.232 e. The molecule has 0 saturated heterocycles. The SMILES string of the molecule is O=C(Cl)C1(c2ccncc2)CC1. The van der Waals surface area contributed by atoms with Crippen molar-refractivity contribution in [3.63, 3.8) is 0 Å². The third kappa shape index (κ3) is 1.03. The molecule has 0 aliphatic heterocycles. The van der Waals surface area contributed by atoms with Crippen molar-refractivity contribution >= 4 is 16.8 Å². The minimum atomic E-state index is -0.371. The second-order valence-electron chi connectivity index (χ2n) is 3.09. The lowest BCUT2D eigenvalue weighted by atomic mass is 9.99. The summed E-state index contributed by atoms with van der Waals surface area (Å²) in [6.45, 7) is 0. The fourth-order valence-electron chi connectivity index (χ4n) is 1.39. The highest BCUT2D eigenvalue weighted by Crippen LogP contribution is 2.49. The molecular formula is C9H8ClNO. The van der Waals surface area contributed by atoms with Crippen molar-refractivity contribution in [2.75, 3.05) is 0 Å². The lowest BCUT2D eigenvalue weighted by molar-refractivity contribution is -0.113. The lowest BCUT2D eigenvalue weighted by Gasteiger charge is -2.08. The largest absolute Gasteiger partial charge is 0.280 e. The maximum atomic E-state index is 11.1. The van der Waals surface area contributed by atoms with Gasteiger partial charge in [-0.3, -0.25) is 9.78 Å². The van der Waals surface area contributed by atoms with E-state index in [0.29, 0.717) is 0 Å². The molecule has 1 saturated carbocycles. The molecule has 0 amide bonds. The van der Waals surface area contributed by atoms with Gasteiger partial charge in [-0.2, -0.15) is 0 Å². The Hall–Kier alpha value is -0.890. The number of carbonyl (C=O) groups excluding carboxylic acids is 1. The van der Waals surface area contributed by atoms with E-state index in [2.05, 4.69) is 4.98 Å². The molecule has 1 aromatic heterocycles. The quantitative estimate of drug-likeness (QED) is 0.653. The van der Waals surface area contributed by atoms with Crippen molar-refractivity contribution in [3.8, 4) is 0 Å². The van der Waals surface area contributed by atoms with Crippen molar-refractivity contribution in [1.82, 2.24) is 4.98 Å². The van der Waals surface area contributed by atoms with Gasteiger partial charge in [0.15, 0.2) is 0 Å². The zero-order chi connectivity index (χ0) is 8.60. The molecule has 0 N–H and O–H groups in total. The van der Waals surface area contributed by atoms with Crippen LogP contribution in [-0.2, 0) is 10.2 Å². The Morgan fingerprint density at radius 3 is 2.42 bits per heavy atom. The summed E-state index contributed by atoms with van der Waals surface area (Å²) < 4.78 is 0. The summed E-state index contributed by atoms with van der Waals surface area (Å²) in [5, 5.41) is -0.242. The van der Waals surface area contributed by atoms with E-state index in [4.69, 9.17) is 11.6 Å². The van der Waals surface area contributed by atoms with Crippen LogP contribution in [0, 0.1) is 0 Å². The van der Waals surface area contributed by atoms with Crippen LogP contribution in [0.2, 0.25) is 0 Å². The van der Waals surface area contributed by atoms with E-state index in [-0.39, 0.29) is 10.7 Å². The molecule has 1 aliphatic carbocycles. The number of halogens is 1. The molecule has 0 unspecified atom stereocenters. The summed E-state index contributed by atoms with van der Waals surface area (Å²) in [5.74, 6) is 0. The van der Waals surface area contributed by atoms with Crippen molar-refractivity contribution in [3.05, 3.63) is 30.1 Å². The first-order valence-electron chi connectivity index (χ1n) is 3.86. The monoisotopic (exact) mass is 181 g/mol. The van der Waals surface area contributed by atoms with Crippen LogP contribution in [0.5, 0.6) is 0 Å². The molecule has 1 heterocycles. The van der Waals surface area contributed by atoms with E-state index >= 15 is 0 Å². The summed E-state index contributed by atoms with van der Waals surface area (Å²) in [6, 6.07) is 3.71. The first kappa shape index (κ1) is 7.74. The van der Waals surface area contributed by atoms with E-state index in [1.165, 1.54) is 0 Å². The second kappa shape index (κ2) is 2.56. The second-order valence-corrected chi connectivity index (χ2v) is 3.43. The van der Waals surface area contributed by atoms with Crippen LogP contribution in [0.15, 0.2) is 24.5 Å². The van der Waals surface area contributed by atoms with Crippen molar-refractivity contribution in [2.45, 2.75) is 18.3 Å². The predicted molar refractivity (Wildman–Crippen MR) is 46.0 cm³/mol. The van der Waals surface area contributed by atoms with E-state index in [9.17, 15) is 4.79 Å². The summed E-state index contributed by atoms with van der Waals surface area (Å²) in [4.78, 5) is 15.0. The van der Waals surface area contributed by atoms with Gasteiger partial charge >= 0.3 is 0 Å². The first-order valence-corrected chi connectivity index (χ1v) is 4.24. The zero-order valence-electron chi connectivity index (χ0n) is 6.46. The lowest BCUT2D eigenvalue weighted by Crippen LogP contribution is -2.14. The molecule has 3 heteroatoms. The van der Waals surface area contributed by atoms with Crippen molar-refractivity contribution in [2.24, 2.45) is 0 Å². The average molecular weight is 182 g/mol. The minimum Gasteiger partial charge on any atom is -0.280 e.